The molecule has 0 saturated carbocycles. The molecular formula is C14H28N2O. The van der Waals surface area contributed by atoms with Gasteiger partial charge in [0.25, 0.3) is 0 Å². The van der Waals surface area contributed by atoms with Gasteiger partial charge in [-0.15, -0.1) is 0 Å². The number of unbranched alkanes of at least 4 members (excludes halogenated alkanes) is 1. The van der Waals surface area contributed by atoms with Gasteiger partial charge in [-0.05, 0) is 44.9 Å². The van der Waals surface area contributed by atoms with E-state index in [0.29, 0.717) is 12.0 Å². The topological polar surface area (TPSA) is 24.8 Å². The first-order chi connectivity index (χ1) is 8.20. The predicted molar refractivity (Wildman–Crippen MR) is 73.4 cm³/mol. The zero-order valence-electron chi connectivity index (χ0n) is 11.7. The van der Waals surface area contributed by atoms with Crippen molar-refractivity contribution < 1.29 is 4.74 Å². The lowest BCUT2D eigenvalue weighted by Gasteiger charge is -2.23. The quantitative estimate of drug-likeness (QED) is 0.504. The highest BCUT2D eigenvalue weighted by atomic mass is 16.5. The zero-order chi connectivity index (χ0) is 12.5. The Morgan fingerprint density at radius 1 is 1.18 bits per heavy atom. The van der Waals surface area contributed by atoms with E-state index >= 15 is 0 Å². The maximum Gasteiger partial charge on any atom is 0.0569 e. The number of hydrazone groups is 1. The largest absolute Gasteiger partial charge is 0.378 e. The summed E-state index contributed by atoms with van der Waals surface area (Å²) in [4.78, 5) is 0. The normalized spacial score (nSPS) is 19.2. The Morgan fingerprint density at radius 3 is 2.53 bits per heavy atom. The van der Waals surface area contributed by atoms with Crippen molar-refractivity contribution in [3.63, 3.8) is 0 Å². The van der Waals surface area contributed by atoms with Crippen LogP contribution in [0.1, 0.15) is 52.9 Å². The van der Waals surface area contributed by atoms with Crippen LogP contribution in [-0.2, 0) is 4.74 Å². The van der Waals surface area contributed by atoms with Crippen LogP contribution < -0.4 is 0 Å². The molecule has 0 aromatic rings. The highest BCUT2D eigenvalue weighted by Crippen LogP contribution is 2.08. The van der Waals surface area contributed by atoms with Gasteiger partial charge in [0.05, 0.1) is 6.10 Å². The third kappa shape index (κ3) is 6.67. The molecule has 1 rings (SSSR count). The average molecular weight is 240 g/mol. The van der Waals surface area contributed by atoms with E-state index in [0.717, 1.165) is 32.5 Å². The molecule has 0 N–H and O–H groups in total. The van der Waals surface area contributed by atoms with Crippen LogP contribution in [0.2, 0.25) is 0 Å². The standard InChI is InChI=1S/C14H28N2O/c1-13(2)14(3)17-12-8-5-9-15-16-10-6-4-7-11-16/h9,13-14H,4-8,10-12H2,1-3H3/b15-9+/t14-/m1/s1. The van der Waals surface area contributed by atoms with Crippen LogP contribution in [0.25, 0.3) is 0 Å². The van der Waals surface area contributed by atoms with Gasteiger partial charge < -0.3 is 4.74 Å². The lowest BCUT2D eigenvalue weighted by atomic mass is 10.1. The molecule has 100 valence electrons. The second-order valence-electron chi connectivity index (χ2n) is 5.27. The molecule has 0 radical (unpaired) electrons. The number of nitrogens with zero attached hydrogens (tertiary/aromatic N) is 2. The Balaban J connectivity index is 1.97. The van der Waals surface area contributed by atoms with E-state index in [2.05, 4.69) is 37.1 Å². The van der Waals surface area contributed by atoms with Gasteiger partial charge in [-0.3, -0.25) is 5.01 Å². The number of hydrogen-bond donors (Lipinski definition) is 0. The molecule has 3 heteroatoms. The first-order valence-corrected chi connectivity index (χ1v) is 7.09. The first-order valence-electron chi connectivity index (χ1n) is 7.09. The Kier molecular flexibility index (Phi) is 7.25. The summed E-state index contributed by atoms with van der Waals surface area (Å²) in [5.41, 5.74) is 0. The average Bonchev–Trinajstić information content (AvgIpc) is 2.34. The Morgan fingerprint density at radius 2 is 1.88 bits per heavy atom. The van der Waals surface area contributed by atoms with Crippen molar-refractivity contribution in [2.75, 3.05) is 19.7 Å². The second-order valence-corrected chi connectivity index (χ2v) is 5.27. The molecule has 17 heavy (non-hydrogen) atoms. The van der Waals surface area contributed by atoms with Gasteiger partial charge in [0.2, 0.25) is 0 Å². The summed E-state index contributed by atoms with van der Waals surface area (Å²) in [5.74, 6) is 0.608. The summed E-state index contributed by atoms with van der Waals surface area (Å²) in [7, 11) is 0. The van der Waals surface area contributed by atoms with Crippen molar-refractivity contribution >= 4 is 6.21 Å². The van der Waals surface area contributed by atoms with Gasteiger partial charge in [-0.2, -0.15) is 5.10 Å². The Bertz CT molecular complexity index is 210. The summed E-state index contributed by atoms with van der Waals surface area (Å²) >= 11 is 0. The lowest BCUT2D eigenvalue weighted by molar-refractivity contribution is 0.0349. The van der Waals surface area contributed by atoms with Gasteiger partial charge in [-0.25, -0.2) is 0 Å². The molecule has 0 amide bonds. The first kappa shape index (κ1) is 14.5. The van der Waals surface area contributed by atoms with Gasteiger partial charge in [0.1, 0.15) is 0 Å². The summed E-state index contributed by atoms with van der Waals surface area (Å²) < 4.78 is 5.72. The van der Waals surface area contributed by atoms with E-state index in [1.165, 1.54) is 19.3 Å². The molecule has 1 aliphatic rings. The van der Waals surface area contributed by atoms with E-state index < -0.39 is 0 Å². The fraction of sp³-hybridized carbons (Fsp3) is 0.929. The van der Waals surface area contributed by atoms with Crippen LogP contribution in [-0.4, -0.2) is 37.0 Å². The predicted octanol–water partition coefficient (Wildman–Crippen LogP) is 3.30. The van der Waals surface area contributed by atoms with E-state index in [9.17, 15) is 0 Å². The molecule has 3 nitrogen and oxygen atoms in total. The fourth-order valence-corrected chi connectivity index (χ4v) is 1.80. The van der Waals surface area contributed by atoms with Gasteiger partial charge in [0, 0.05) is 25.9 Å². The molecule has 0 aliphatic carbocycles. The number of rotatable bonds is 7. The van der Waals surface area contributed by atoms with Crippen molar-refractivity contribution in [2.45, 2.75) is 59.0 Å². The van der Waals surface area contributed by atoms with Crippen LogP contribution in [0.5, 0.6) is 0 Å². The smallest absolute Gasteiger partial charge is 0.0569 e. The number of hydrogen-bond acceptors (Lipinski definition) is 3. The molecule has 1 atom stereocenters. The number of ether oxygens (including phenoxy) is 1. The van der Waals surface area contributed by atoms with Crippen LogP contribution in [0, 0.1) is 5.92 Å². The summed E-state index contributed by atoms with van der Waals surface area (Å²) in [6.07, 6.45) is 8.49. The summed E-state index contributed by atoms with van der Waals surface area (Å²) in [6.45, 7) is 9.66. The lowest BCUT2D eigenvalue weighted by Crippen LogP contribution is -2.24. The monoisotopic (exact) mass is 240 g/mol. The van der Waals surface area contributed by atoms with Crippen molar-refractivity contribution in [3.8, 4) is 0 Å². The molecule has 1 saturated heterocycles. The van der Waals surface area contributed by atoms with E-state index in [4.69, 9.17) is 4.74 Å². The Labute approximate surface area is 106 Å². The Hall–Kier alpha value is -0.570. The summed E-state index contributed by atoms with van der Waals surface area (Å²) in [5, 5.41) is 6.68. The minimum absolute atomic E-state index is 0.369. The molecule has 0 spiro atoms. The van der Waals surface area contributed by atoms with Gasteiger partial charge >= 0.3 is 0 Å². The SMILES string of the molecule is CC(C)[C@@H](C)OCCC/C=N/N1CCCCC1. The van der Waals surface area contributed by atoms with Crippen molar-refractivity contribution in [1.29, 1.82) is 0 Å². The van der Waals surface area contributed by atoms with Crippen LogP contribution in [0.3, 0.4) is 0 Å². The third-order valence-electron chi connectivity index (χ3n) is 3.37. The molecule has 1 heterocycles. The maximum atomic E-state index is 5.72. The van der Waals surface area contributed by atoms with Crippen LogP contribution >= 0.6 is 0 Å². The highest BCUT2D eigenvalue weighted by Gasteiger charge is 2.07. The van der Waals surface area contributed by atoms with Crippen LogP contribution in [0.15, 0.2) is 5.10 Å². The fourth-order valence-electron chi connectivity index (χ4n) is 1.80. The molecule has 0 aromatic heterocycles. The van der Waals surface area contributed by atoms with Crippen molar-refractivity contribution in [2.24, 2.45) is 11.0 Å². The maximum absolute atomic E-state index is 5.72. The molecule has 0 aromatic carbocycles. The minimum atomic E-state index is 0.369. The van der Waals surface area contributed by atoms with E-state index in [1.807, 2.05) is 0 Å². The third-order valence-corrected chi connectivity index (χ3v) is 3.37. The molecule has 1 fully saturated rings. The molecule has 0 bridgehead atoms. The second kappa shape index (κ2) is 8.51. The van der Waals surface area contributed by atoms with Crippen molar-refractivity contribution in [1.82, 2.24) is 5.01 Å². The van der Waals surface area contributed by atoms with E-state index in [1.54, 1.807) is 0 Å². The minimum Gasteiger partial charge on any atom is -0.378 e. The number of piperidine rings is 1. The van der Waals surface area contributed by atoms with Crippen molar-refractivity contribution in [3.05, 3.63) is 0 Å². The molecule has 0 unspecified atom stereocenters. The zero-order valence-corrected chi connectivity index (χ0v) is 11.7. The highest BCUT2D eigenvalue weighted by molar-refractivity contribution is 5.56. The van der Waals surface area contributed by atoms with Gasteiger partial charge in [0.15, 0.2) is 0 Å². The van der Waals surface area contributed by atoms with E-state index in [-0.39, 0.29) is 0 Å². The molecular weight excluding hydrogens is 212 g/mol. The van der Waals surface area contributed by atoms with Crippen LogP contribution in [0.4, 0.5) is 0 Å². The summed E-state index contributed by atoms with van der Waals surface area (Å²) in [6, 6.07) is 0. The van der Waals surface area contributed by atoms with Gasteiger partial charge in [-0.1, -0.05) is 13.8 Å². The molecule has 1 aliphatic heterocycles.